The number of hydrogen-bond donors (Lipinski definition) is 0. The summed E-state index contributed by atoms with van der Waals surface area (Å²) in [5.74, 6) is -0.359. The fraction of sp³-hybridized carbons (Fsp3) is 0.583. The van der Waals surface area contributed by atoms with Crippen molar-refractivity contribution >= 4 is 41.1 Å². The monoisotopic (exact) mass is 509 g/mol. The lowest BCUT2D eigenvalue weighted by atomic mass is 10.0. The second kappa shape index (κ2) is 9.59. The van der Waals surface area contributed by atoms with Crippen molar-refractivity contribution in [1.29, 1.82) is 0 Å². The highest BCUT2D eigenvalue weighted by molar-refractivity contribution is 9.10. The van der Waals surface area contributed by atoms with E-state index in [0.717, 1.165) is 15.6 Å². The van der Waals surface area contributed by atoms with Crippen LogP contribution in [0.15, 0.2) is 27.6 Å². The lowest BCUT2D eigenvalue weighted by molar-refractivity contribution is 0.0523. The highest BCUT2D eigenvalue weighted by Crippen LogP contribution is 2.38. The van der Waals surface area contributed by atoms with Gasteiger partial charge in [-0.3, -0.25) is 4.79 Å². The van der Waals surface area contributed by atoms with Gasteiger partial charge in [0.15, 0.2) is 8.32 Å². The second-order valence-electron chi connectivity index (χ2n) is 10.0. The number of aromatic nitrogens is 1. The topological polar surface area (TPSA) is 57.5 Å². The van der Waals surface area contributed by atoms with Crippen LogP contribution in [0.4, 0.5) is 0 Å². The summed E-state index contributed by atoms with van der Waals surface area (Å²) in [6, 6.07) is 3.77. The standard InChI is InChI=1S/C24H36BrNO4Si/c1-10-29-23(28)18-13-26(20-11-16(4)19(25)12-17(20)22(18)27)21(15(2)3)14-30-31(8,9)24(5,6)7/h11-13,15,21H,10,14H2,1-9H3/t21-/m1/s1. The van der Waals surface area contributed by atoms with Crippen molar-refractivity contribution < 1.29 is 14.0 Å². The molecule has 0 fully saturated rings. The molecule has 0 aliphatic rings. The predicted octanol–water partition coefficient (Wildman–Crippen LogP) is 6.47. The zero-order valence-electron chi connectivity index (χ0n) is 20.3. The van der Waals surface area contributed by atoms with Crippen LogP contribution in [0.5, 0.6) is 0 Å². The summed E-state index contributed by atoms with van der Waals surface area (Å²) in [7, 11) is -1.97. The van der Waals surface area contributed by atoms with Crippen molar-refractivity contribution in [2.24, 2.45) is 5.92 Å². The van der Waals surface area contributed by atoms with Gasteiger partial charge in [-0.15, -0.1) is 0 Å². The minimum absolute atomic E-state index is 0.0361. The molecule has 0 spiro atoms. The van der Waals surface area contributed by atoms with Crippen LogP contribution in [-0.2, 0) is 9.16 Å². The third-order valence-electron chi connectivity index (χ3n) is 6.36. The minimum Gasteiger partial charge on any atom is -0.462 e. The van der Waals surface area contributed by atoms with Crippen molar-refractivity contribution in [2.45, 2.75) is 72.6 Å². The minimum atomic E-state index is -1.97. The fourth-order valence-corrected chi connectivity index (χ4v) is 4.57. The number of nitrogens with zero attached hydrogens (tertiary/aromatic N) is 1. The average molecular weight is 511 g/mol. The maximum Gasteiger partial charge on any atom is 0.343 e. The van der Waals surface area contributed by atoms with E-state index in [-0.39, 0.29) is 34.6 Å². The molecule has 1 aromatic carbocycles. The van der Waals surface area contributed by atoms with E-state index in [1.54, 1.807) is 19.2 Å². The lowest BCUT2D eigenvalue weighted by Crippen LogP contribution is -2.42. The molecule has 5 nitrogen and oxygen atoms in total. The molecule has 0 saturated heterocycles. The quantitative estimate of drug-likeness (QED) is 0.317. The van der Waals surface area contributed by atoms with Crippen molar-refractivity contribution in [1.82, 2.24) is 4.57 Å². The predicted molar refractivity (Wildman–Crippen MR) is 134 cm³/mol. The van der Waals surface area contributed by atoms with Gasteiger partial charge in [0.2, 0.25) is 5.43 Å². The molecule has 7 heteroatoms. The number of aryl methyl sites for hydroxylation is 1. The molecule has 2 aromatic rings. The van der Waals surface area contributed by atoms with Gasteiger partial charge in [0, 0.05) is 16.1 Å². The van der Waals surface area contributed by atoms with E-state index in [1.807, 2.05) is 17.6 Å². The number of benzene rings is 1. The Hall–Kier alpha value is -1.44. The molecule has 0 radical (unpaired) electrons. The van der Waals surface area contributed by atoms with Gasteiger partial charge in [-0.25, -0.2) is 4.79 Å². The molecule has 1 atom stereocenters. The normalized spacial score (nSPS) is 13.6. The van der Waals surface area contributed by atoms with Gasteiger partial charge in [-0.2, -0.15) is 0 Å². The van der Waals surface area contributed by atoms with Crippen LogP contribution in [0.3, 0.4) is 0 Å². The number of hydrogen-bond acceptors (Lipinski definition) is 4. The number of halogens is 1. The number of pyridine rings is 1. The fourth-order valence-electron chi connectivity index (χ4n) is 3.21. The summed E-state index contributed by atoms with van der Waals surface area (Å²) < 4.78 is 14.6. The SMILES string of the molecule is CCOC(=O)c1cn([C@H](CO[Si](C)(C)C(C)(C)C)C(C)C)c2cc(C)c(Br)cc2c1=O. The summed E-state index contributed by atoms with van der Waals surface area (Å²) in [6.07, 6.45) is 1.66. The van der Waals surface area contributed by atoms with Crippen LogP contribution in [0.1, 0.15) is 63.5 Å². The van der Waals surface area contributed by atoms with Crippen LogP contribution in [0, 0.1) is 12.8 Å². The van der Waals surface area contributed by atoms with E-state index in [9.17, 15) is 9.59 Å². The number of carbonyl (C=O) groups is 1. The largest absolute Gasteiger partial charge is 0.462 e. The molecular weight excluding hydrogens is 474 g/mol. The zero-order chi connectivity index (χ0) is 23.7. The molecule has 0 N–H and O–H groups in total. The Bertz CT molecular complexity index is 1020. The number of rotatable bonds is 7. The summed E-state index contributed by atoms with van der Waals surface area (Å²) in [5.41, 5.74) is 1.58. The van der Waals surface area contributed by atoms with Crippen LogP contribution in [-0.4, -0.2) is 32.1 Å². The highest BCUT2D eigenvalue weighted by Gasteiger charge is 2.38. The van der Waals surface area contributed by atoms with E-state index in [2.05, 4.69) is 63.6 Å². The molecule has 0 amide bonds. The van der Waals surface area contributed by atoms with Crippen molar-refractivity contribution in [3.63, 3.8) is 0 Å². The Morgan fingerprint density at radius 1 is 1.23 bits per heavy atom. The molecule has 0 aliphatic carbocycles. The van der Waals surface area contributed by atoms with Gasteiger partial charge in [0.25, 0.3) is 0 Å². The van der Waals surface area contributed by atoms with Crippen LogP contribution in [0.25, 0.3) is 10.9 Å². The summed E-state index contributed by atoms with van der Waals surface area (Å²) in [4.78, 5) is 25.7. The van der Waals surface area contributed by atoms with Gasteiger partial charge >= 0.3 is 5.97 Å². The van der Waals surface area contributed by atoms with Crippen molar-refractivity contribution in [2.75, 3.05) is 13.2 Å². The third-order valence-corrected chi connectivity index (χ3v) is 11.7. The Morgan fingerprint density at radius 3 is 2.35 bits per heavy atom. The van der Waals surface area contributed by atoms with Crippen LogP contribution in [0.2, 0.25) is 18.1 Å². The second-order valence-corrected chi connectivity index (χ2v) is 15.7. The molecule has 2 rings (SSSR count). The van der Waals surface area contributed by atoms with Gasteiger partial charge in [-0.1, -0.05) is 50.5 Å². The Morgan fingerprint density at radius 2 is 1.84 bits per heavy atom. The third kappa shape index (κ3) is 5.49. The number of carbonyl (C=O) groups excluding carboxylic acids is 1. The maximum absolute atomic E-state index is 13.1. The van der Waals surface area contributed by atoms with Crippen molar-refractivity contribution in [3.05, 3.63) is 44.2 Å². The van der Waals surface area contributed by atoms with Gasteiger partial charge < -0.3 is 13.7 Å². The van der Waals surface area contributed by atoms with Crippen molar-refractivity contribution in [3.8, 4) is 0 Å². The zero-order valence-corrected chi connectivity index (χ0v) is 22.8. The summed E-state index contributed by atoms with van der Waals surface area (Å²) >= 11 is 3.53. The van der Waals surface area contributed by atoms with E-state index < -0.39 is 14.3 Å². The molecule has 0 saturated carbocycles. The molecule has 0 bridgehead atoms. The van der Waals surface area contributed by atoms with Gasteiger partial charge in [0.05, 0.1) is 24.8 Å². The van der Waals surface area contributed by atoms with E-state index in [0.29, 0.717) is 12.0 Å². The summed E-state index contributed by atoms with van der Waals surface area (Å²) in [5, 5.41) is 0.596. The Labute approximate surface area is 195 Å². The first-order valence-electron chi connectivity index (χ1n) is 10.9. The van der Waals surface area contributed by atoms with Crippen LogP contribution < -0.4 is 5.43 Å². The number of esters is 1. The van der Waals surface area contributed by atoms with E-state index >= 15 is 0 Å². The molecule has 1 aromatic heterocycles. The summed E-state index contributed by atoms with van der Waals surface area (Å²) in [6.45, 7) is 19.9. The molecule has 0 aliphatic heterocycles. The number of fused-ring (bicyclic) bond motifs is 1. The highest BCUT2D eigenvalue weighted by atomic mass is 79.9. The Balaban J connectivity index is 2.71. The first kappa shape index (κ1) is 25.8. The van der Waals surface area contributed by atoms with Gasteiger partial charge in [-0.05, 0) is 55.6 Å². The average Bonchev–Trinajstić information content (AvgIpc) is 2.64. The Kier molecular flexibility index (Phi) is 7.98. The molecule has 172 valence electrons. The van der Waals surface area contributed by atoms with Crippen LogP contribution >= 0.6 is 15.9 Å². The smallest absolute Gasteiger partial charge is 0.343 e. The molecule has 31 heavy (non-hydrogen) atoms. The first-order chi connectivity index (χ1) is 14.2. The maximum atomic E-state index is 13.1. The first-order valence-corrected chi connectivity index (χ1v) is 14.6. The molecule has 1 heterocycles. The van der Waals surface area contributed by atoms with E-state index in [1.165, 1.54) is 0 Å². The molecule has 0 unspecified atom stereocenters. The van der Waals surface area contributed by atoms with Gasteiger partial charge in [0.1, 0.15) is 5.56 Å². The number of ether oxygens (including phenoxy) is 1. The lowest BCUT2D eigenvalue weighted by Gasteiger charge is -2.38. The van der Waals surface area contributed by atoms with E-state index in [4.69, 9.17) is 9.16 Å². The molecular formula is C24H36BrNO4Si.